The van der Waals surface area contributed by atoms with Crippen molar-refractivity contribution in [3.8, 4) is 0 Å². The van der Waals surface area contributed by atoms with Crippen LogP contribution in [0.15, 0.2) is 41.6 Å². The Morgan fingerprint density at radius 3 is 2.14 bits per heavy atom. The Labute approximate surface area is 205 Å². The first-order valence-electron chi connectivity index (χ1n) is 11.5. The predicted octanol–water partition coefficient (Wildman–Crippen LogP) is 4.97. The molecule has 0 spiro atoms. The summed E-state index contributed by atoms with van der Waals surface area (Å²) in [6.45, 7) is 5.41. The zero-order valence-corrected chi connectivity index (χ0v) is 20.2. The van der Waals surface area contributed by atoms with Gasteiger partial charge < -0.3 is 9.80 Å². The average molecular weight is 518 g/mol. The van der Waals surface area contributed by atoms with Gasteiger partial charge in [0.1, 0.15) is 5.82 Å². The minimum atomic E-state index is -4.93. The fraction of sp³-hybridized carbons (Fsp3) is 0.478. The monoisotopic (exact) mass is 517 g/mol. The number of anilines is 1. The van der Waals surface area contributed by atoms with Crippen molar-refractivity contribution in [1.82, 2.24) is 26.0 Å². The second-order valence-corrected chi connectivity index (χ2v) is 8.40. The minimum Gasteiger partial charge on any atom is -0.357 e. The number of nitrogens with zero attached hydrogens (tertiary/aromatic N) is 5. The third-order valence-corrected chi connectivity index (χ3v) is 5.59. The standard InChI is InChI=1S/C23H29F6N7/c1-4-6-10-35(5-2)20-17(8-7-9-30-20)15-36(21-31-33-34(3)32-21)14-16-11-18(22(24,25)26)13-19(12-16)23(27,28)29/h7-9,11-13,33H,4-6,10,14-15H2,1-3H3,(H,31,32). The van der Waals surface area contributed by atoms with Gasteiger partial charge in [0, 0.05) is 45.0 Å². The molecule has 0 amide bonds. The third kappa shape index (κ3) is 6.93. The van der Waals surface area contributed by atoms with Crippen LogP contribution in [0.5, 0.6) is 0 Å². The molecule has 36 heavy (non-hydrogen) atoms. The average Bonchev–Trinajstić information content (AvgIpc) is 3.25. The highest BCUT2D eigenvalue weighted by Crippen LogP contribution is 2.36. The van der Waals surface area contributed by atoms with Crippen molar-refractivity contribution in [3.63, 3.8) is 0 Å². The number of halogens is 6. The van der Waals surface area contributed by atoms with E-state index in [1.54, 1.807) is 24.2 Å². The largest absolute Gasteiger partial charge is 0.416 e. The number of hydrogen-bond donors (Lipinski definition) is 2. The van der Waals surface area contributed by atoms with E-state index >= 15 is 0 Å². The Bertz CT molecular complexity index is 1020. The van der Waals surface area contributed by atoms with E-state index < -0.39 is 23.5 Å². The number of nitrogens with one attached hydrogen (secondary N) is 2. The van der Waals surface area contributed by atoms with Crippen molar-refractivity contribution >= 4 is 11.8 Å². The van der Waals surface area contributed by atoms with Gasteiger partial charge in [-0.1, -0.05) is 19.4 Å². The van der Waals surface area contributed by atoms with Crippen LogP contribution < -0.4 is 15.9 Å². The van der Waals surface area contributed by atoms with E-state index in [2.05, 4.69) is 32.9 Å². The molecule has 198 valence electrons. The highest BCUT2D eigenvalue weighted by atomic mass is 19.4. The SMILES string of the molecule is CCCCN(CC)c1ncccc1CN(Cc1cc(C(F)(F)F)cc(C(F)(F)F)c1)C1=NNN(C)N1. The molecule has 0 saturated heterocycles. The van der Waals surface area contributed by atoms with Crippen LogP contribution in [0.3, 0.4) is 0 Å². The Balaban J connectivity index is 1.99. The van der Waals surface area contributed by atoms with Gasteiger partial charge in [-0.25, -0.2) is 10.5 Å². The van der Waals surface area contributed by atoms with Crippen LogP contribution in [-0.2, 0) is 25.4 Å². The highest BCUT2D eigenvalue weighted by molar-refractivity contribution is 5.80. The smallest absolute Gasteiger partial charge is 0.357 e. The molecule has 2 aromatic rings. The fourth-order valence-corrected chi connectivity index (χ4v) is 3.81. The molecule has 2 heterocycles. The third-order valence-electron chi connectivity index (χ3n) is 5.59. The van der Waals surface area contributed by atoms with Crippen LogP contribution in [0.1, 0.15) is 48.9 Å². The molecular weight excluding hydrogens is 488 g/mol. The van der Waals surface area contributed by atoms with E-state index in [1.165, 1.54) is 5.12 Å². The maximum absolute atomic E-state index is 13.4. The first-order chi connectivity index (χ1) is 16.9. The molecule has 3 rings (SSSR count). The lowest BCUT2D eigenvalue weighted by atomic mass is 10.0. The molecule has 7 nitrogen and oxygen atoms in total. The summed E-state index contributed by atoms with van der Waals surface area (Å²) < 4.78 is 80.4. The maximum Gasteiger partial charge on any atom is 0.416 e. The molecule has 0 bridgehead atoms. The van der Waals surface area contributed by atoms with E-state index in [1.807, 2.05) is 13.0 Å². The molecule has 1 aromatic heterocycles. The van der Waals surface area contributed by atoms with Crippen LogP contribution in [0.2, 0.25) is 0 Å². The van der Waals surface area contributed by atoms with Gasteiger partial charge in [0.2, 0.25) is 5.96 Å². The summed E-state index contributed by atoms with van der Waals surface area (Å²) in [4.78, 5) is 8.18. The molecule has 13 heteroatoms. The Kier molecular flexibility index (Phi) is 8.54. The highest BCUT2D eigenvalue weighted by Gasteiger charge is 2.37. The van der Waals surface area contributed by atoms with Gasteiger partial charge >= 0.3 is 12.4 Å². The zero-order chi connectivity index (χ0) is 26.5. The molecule has 0 saturated carbocycles. The topological polar surface area (TPSA) is 59.0 Å². The van der Waals surface area contributed by atoms with Crippen molar-refractivity contribution in [3.05, 3.63) is 58.8 Å². The van der Waals surface area contributed by atoms with Gasteiger partial charge in [-0.2, -0.15) is 26.3 Å². The van der Waals surface area contributed by atoms with Crippen molar-refractivity contribution in [2.45, 2.75) is 52.1 Å². The molecule has 1 aromatic carbocycles. The molecular formula is C23H29F6N7. The number of pyridine rings is 1. The summed E-state index contributed by atoms with van der Waals surface area (Å²) >= 11 is 0. The minimum absolute atomic E-state index is 0.126. The fourth-order valence-electron chi connectivity index (χ4n) is 3.81. The van der Waals surface area contributed by atoms with Crippen LogP contribution in [0, 0.1) is 0 Å². The van der Waals surface area contributed by atoms with Crippen molar-refractivity contribution < 1.29 is 26.3 Å². The van der Waals surface area contributed by atoms with Gasteiger partial charge in [0.05, 0.1) is 11.1 Å². The van der Waals surface area contributed by atoms with E-state index in [-0.39, 0.29) is 30.7 Å². The van der Waals surface area contributed by atoms with Gasteiger partial charge in [-0.15, -0.1) is 10.2 Å². The number of hydrazine groups is 2. The van der Waals surface area contributed by atoms with Crippen LogP contribution >= 0.6 is 0 Å². The molecule has 0 unspecified atom stereocenters. The summed E-state index contributed by atoms with van der Waals surface area (Å²) in [5, 5.41) is 5.54. The van der Waals surface area contributed by atoms with E-state index in [0.29, 0.717) is 12.4 Å². The lowest BCUT2D eigenvalue weighted by Gasteiger charge is -2.29. The number of hydrazone groups is 1. The maximum atomic E-state index is 13.4. The Morgan fingerprint density at radius 2 is 1.61 bits per heavy atom. The quantitative estimate of drug-likeness (QED) is 0.458. The van der Waals surface area contributed by atoms with Crippen molar-refractivity contribution in [2.24, 2.45) is 5.10 Å². The number of hydrogen-bond acceptors (Lipinski definition) is 7. The summed E-state index contributed by atoms with van der Waals surface area (Å²) in [7, 11) is 1.62. The number of unbranched alkanes of at least 4 members (excludes halogenated alkanes) is 1. The number of aromatic nitrogens is 1. The van der Waals surface area contributed by atoms with Crippen LogP contribution in [0.4, 0.5) is 32.2 Å². The van der Waals surface area contributed by atoms with Gasteiger partial charge in [-0.05, 0) is 43.2 Å². The van der Waals surface area contributed by atoms with Gasteiger partial charge in [0.25, 0.3) is 0 Å². The summed E-state index contributed by atoms with van der Waals surface area (Å²) in [6, 6.07) is 5.17. The number of benzene rings is 1. The Morgan fingerprint density at radius 1 is 0.944 bits per heavy atom. The zero-order valence-electron chi connectivity index (χ0n) is 20.2. The summed E-state index contributed by atoms with van der Waals surface area (Å²) in [5.74, 6) is 0.952. The number of guanidine groups is 1. The number of rotatable bonds is 9. The van der Waals surface area contributed by atoms with Crippen molar-refractivity contribution in [1.29, 1.82) is 0 Å². The first kappa shape index (κ1) is 27.4. The Hall–Kier alpha value is -3.22. The molecule has 1 aliphatic rings. The lowest BCUT2D eigenvalue weighted by molar-refractivity contribution is -0.143. The van der Waals surface area contributed by atoms with Crippen LogP contribution in [0.25, 0.3) is 0 Å². The molecule has 1 aliphatic heterocycles. The molecule has 0 atom stereocenters. The molecule has 0 aliphatic carbocycles. The lowest BCUT2D eigenvalue weighted by Crippen LogP contribution is -2.44. The van der Waals surface area contributed by atoms with E-state index in [9.17, 15) is 26.3 Å². The molecule has 0 fully saturated rings. The van der Waals surface area contributed by atoms with Crippen molar-refractivity contribution in [2.75, 3.05) is 25.0 Å². The first-order valence-corrected chi connectivity index (χ1v) is 11.5. The normalized spacial score (nSPS) is 14.3. The molecule has 0 radical (unpaired) electrons. The van der Waals surface area contributed by atoms with E-state index in [4.69, 9.17) is 0 Å². The molecule has 2 N–H and O–H groups in total. The van der Waals surface area contributed by atoms with Gasteiger partial charge in [-0.3, -0.25) is 5.43 Å². The second kappa shape index (κ2) is 11.2. The summed E-state index contributed by atoms with van der Waals surface area (Å²) in [6.07, 6.45) is -6.27. The van der Waals surface area contributed by atoms with Gasteiger partial charge in [0.15, 0.2) is 0 Å². The summed E-state index contributed by atoms with van der Waals surface area (Å²) in [5.41, 5.74) is 3.44. The van der Waals surface area contributed by atoms with Crippen LogP contribution in [-0.4, -0.2) is 41.1 Å². The second-order valence-electron chi connectivity index (χ2n) is 8.40. The number of alkyl halides is 6. The predicted molar refractivity (Wildman–Crippen MR) is 124 cm³/mol. The van der Waals surface area contributed by atoms with E-state index in [0.717, 1.165) is 37.1 Å².